The molecule has 1 nitrogen and oxygen atoms in total. The van der Waals surface area contributed by atoms with Crippen molar-refractivity contribution in [2.45, 2.75) is 20.8 Å². The maximum Gasteiger partial charge on any atom is 0.0455 e. The van der Waals surface area contributed by atoms with Crippen molar-refractivity contribution in [3.8, 4) is 0 Å². The third-order valence-corrected chi connectivity index (χ3v) is 3.42. The molecule has 0 aromatic heterocycles. The lowest BCUT2D eigenvalue weighted by molar-refractivity contribution is 1.34. The predicted molar refractivity (Wildman–Crippen MR) is 75.4 cm³/mol. The molecule has 0 radical (unpaired) electrons. The van der Waals surface area contributed by atoms with Gasteiger partial charge in [0.1, 0.15) is 0 Å². The van der Waals surface area contributed by atoms with Gasteiger partial charge in [0.05, 0.1) is 0 Å². The van der Waals surface area contributed by atoms with Crippen molar-refractivity contribution in [2.75, 3.05) is 5.32 Å². The van der Waals surface area contributed by atoms with Crippen LogP contribution in [0.1, 0.15) is 16.7 Å². The highest BCUT2D eigenvalue weighted by molar-refractivity contribution is 6.31. The van der Waals surface area contributed by atoms with Crippen molar-refractivity contribution in [3.63, 3.8) is 0 Å². The molecule has 0 atom stereocenters. The van der Waals surface area contributed by atoms with Gasteiger partial charge in [-0.15, -0.1) is 0 Å². The number of benzene rings is 2. The topological polar surface area (TPSA) is 12.0 Å². The van der Waals surface area contributed by atoms with Crippen LogP contribution in [0.15, 0.2) is 36.4 Å². The van der Waals surface area contributed by atoms with Crippen LogP contribution in [0, 0.1) is 20.8 Å². The number of hydrogen-bond acceptors (Lipinski definition) is 1. The highest BCUT2D eigenvalue weighted by Gasteiger charge is 2.05. The monoisotopic (exact) mass is 245 g/mol. The van der Waals surface area contributed by atoms with Gasteiger partial charge >= 0.3 is 0 Å². The molecule has 0 unspecified atom stereocenters. The molecule has 2 rings (SSSR count). The first-order chi connectivity index (χ1) is 8.09. The number of hydrogen-bond donors (Lipinski definition) is 1. The summed E-state index contributed by atoms with van der Waals surface area (Å²) in [6.45, 7) is 6.24. The van der Waals surface area contributed by atoms with E-state index in [1.165, 1.54) is 11.1 Å². The average Bonchev–Trinajstić information content (AvgIpc) is 2.29. The largest absolute Gasteiger partial charge is 0.355 e. The Balaban J connectivity index is 2.42. The zero-order chi connectivity index (χ0) is 12.4. The minimum Gasteiger partial charge on any atom is -0.355 e. The van der Waals surface area contributed by atoms with Crippen LogP contribution >= 0.6 is 11.6 Å². The molecule has 88 valence electrons. The summed E-state index contributed by atoms with van der Waals surface area (Å²) in [5, 5.41) is 4.26. The van der Waals surface area contributed by atoms with Gasteiger partial charge in [-0.05, 0) is 49.6 Å². The van der Waals surface area contributed by atoms with Crippen LogP contribution in [-0.2, 0) is 0 Å². The molecule has 0 aliphatic rings. The molecule has 0 fully saturated rings. The summed E-state index contributed by atoms with van der Waals surface area (Å²) in [5.74, 6) is 0. The van der Waals surface area contributed by atoms with Gasteiger partial charge in [-0.25, -0.2) is 0 Å². The zero-order valence-corrected chi connectivity index (χ0v) is 11.1. The number of halogens is 1. The van der Waals surface area contributed by atoms with E-state index >= 15 is 0 Å². The molecule has 2 aromatic rings. The lowest BCUT2D eigenvalue weighted by Gasteiger charge is -2.15. The van der Waals surface area contributed by atoms with Gasteiger partial charge in [-0.2, -0.15) is 0 Å². The molecular formula is C15H16ClN. The van der Waals surface area contributed by atoms with Gasteiger partial charge in [0.15, 0.2) is 0 Å². The van der Waals surface area contributed by atoms with Crippen molar-refractivity contribution in [1.29, 1.82) is 0 Å². The summed E-state index contributed by atoms with van der Waals surface area (Å²) < 4.78 is 0. The Bertz CT molecular complexity index is 526. The number of aryl methyl sites for hydroxylation is 2. The summed E-state index contributed by atoms with van der Waals surface area (Å²) in [6, 6.07) is 12.2. The molecule has 0 heterocycles. The van der Waals surface area contributed by atoms with Crippen LogP contribution in [0.5, 0.6) is 0 Å². The molecule has 0 aliphatic heterocycles. The molecule has 2 heteroatoms. The van der Waals surface area contributed by atoms with Gasteiger partial charge < -0.3 is 5.32 Å². The molecule has 17 heavy (non-hydrogen) atoms. The van der Waals surface area contributed by atoms with E-state index in [-0.39, 0.29) is 0 Å². The van der Waals surface area contributed by atoms with E-state index in [0.29, 0.717) is 0 Å². The molecule has 1 N–H and O–H groups in total. The second kappa shape index (κ2) is 4.80. The standard InChI is InChI=1S/C15H16ClN/c1-10-6-4-7-11(2)15(10)17-14-9-5-8-13(16)12(14)3/h4-9,17H,1-3H3. The first-order valence-electron chi connectivity index (χ1n) is 5.68. The van der Waals surface area contributed by atoms with E-state index in [1.807, 2.05) is 25.1 Å². The van der Waals surface area contributed by atoms with Gasteiger partial charge in [-0.1, -0.05) is 35.9 Å². The summed E-state index contributed by atoms with van der Waals surface area (Å²) in [4.78, 5) is 0. The van der Waals surface area contributed by atoms with Gasteiger partial charge in [0.25, 0.3) is 0 Å². The third kappa shape index (κ3) is 2.45. The van der Waals surface area contributed by atoms with Crippen LogP contribution in [-0.4, -0.2) is 0 Å². The van der Waals surface area contributed by atoms with Crippen molar-refractivity contribution >= 4 is 23.0 Å². The maximum atomic E-state index is 6.12. The average molecular weight is 246 g/mol. The van der Waals surface area contributed by atoms with E-state index in [9.17, 15) is 0 Å². The second-order valence-electron chi connectivity index (χ2n) is 4.30. The number of para-hydroxylation sites is 1. The molecule has 0 spiro atoms. The van der Waals surface area contributed by atoms with Crippen LogP contribution in [0.4, 0.5) is 11.4 Å². The van der Waals surface area contributed by atoms with E-state index in [1.54, 1.807) is 0 Å². The summed E-state index contributed by atoms with van der Waals surface area (Å²) >= 11 is 6.12. The van der Waals surface area contributed by atoms with Crippen molar-refractivity contribution in [3.05, 3.63) is 58.1 Å². The minimum atomic E-state index is 0.793. The molecule has 2 aromatic carbocycles. The molecule has 0 saturated heterocycles. The maximum absolute atomic E-state index is 6.12. The molecule has 0 aliphatic carbocycles. The summed E-state index contributed by atoms with van der Waals surface area (Å²) in [6.07, 6.45) is 0. The Morgan fingerprint density at radius 1 is 0.882 bits per heavy atom. The Morgan fingerprint density at radius 3 is 2.12 bits per heavy atom. The summed E-state index contributed by atoms with van der Waals surface area (Å²) in [5.41, 5.74) is 5.79. The van der Waals surface area contributed by atoms with Crippen LogP contribution < -0.4 is 5.32 Å². The van der Waals surface area contributed by atoms with Crippen LogP contribution in [0.3, 0.4) is 0 Å². The second-order valence-corrected chi connectivity index (χ2v) is 4.71. The third-order valence-electron chi connectivity index (χ3n) is 3.01. The highest BCUT2D eigenvalue weighted by Crippen LogP contribution is 2.29. The van der Waals surface area contributed by atoms with Crippen LogP contribution in [0.25, 0.3) is 0 Å². The lowest BCUT2D eigenvalue weighted by atomic mass is 10.1. The normalized spacial score (nSPS) is 10.4. The van der Waals surface area contributed by atoms with Crippen molar-refractivity contribution in [2.24, 2.45) is 0 Å². The van der Waals surface area contributed by atoms with Gasteiger partial charge in [-0.3, -0.25) is 0 Å². The molecular weight excluding hydrogens is 230 g/mol. The lowest BCUT2D eigenvalue weighted by Crippen LogP contribution is -1.97. The Hall–Kier alpha value is -1.47. The van der Waals surface area contributed by atoms with E-state index in [0.717, 1.165) is 22.0 Å². The number of anilines is 2. The fourth-order valence-electron chi connectivity index (χ4n) is 1.89. The highest BCUT2D eigenvalue weighted by atomic mass is 35.5. The smallest absolute Gasteiger partial charge is 0.0455 e. The Labute approximate surface area is 107 Å². The van der Waals surface area contributed by atoms with Crippen molar-refractivity contribution < 1.29 is 0 Å². The predicted octanol–water partition coefficient (Wildman–Crippen LogP) is 5.01. The van der Waals surface area contributed by atoms with Gasteiger partial charge in [0.2, 0.25) is 0 Å². The van der Waals surface area contributed by atoms with E-state index < -0.39 is 0 Å². The molecule has 0 bridgehead atoms. The van der Waals surface area contributed by atoms with E-state index in [4.69, 9.17) is 11.6 Å². The molecule has 0 amide bonds. The fourth-order valence-corrected chi connectivity index (χ4v) is 2.06. The summed E-state index contributed by atoms with van der Waals surface area (Å²) in [7, 11) is 0. The first kappa shape index (κ1) is 12.0. The van der Waals surface area contributed by atoms with Crippen LogP contribution in [0.2, 0.25) is 5.02 Å². The van der Waals surface area contributed by atoms with Crippen molar-refractivity contribution in [1.82, 2.24) is 0 Å². The minimum absolute atomic E-state index is 0.793. The SMILES string of the molecule is Cc1cccc(C)c1Nc1cccc(Cl)c1C. The Kier molecular flexibility index (Phi) is 3.39. The Morgan fingerprint density at radius 2 is 1.47 bits per heavy atom. The number of rotatable bonds is 2. The number of nitrogens with one attached hydrogen (secondary N) is 1. The fraction of sp³-hybridized carbons (Fsp3) is 0.200. The van der Waals surface area contributed by atoms with Gasteiger partial charge in [0, 0.05) is 16.4 Å². The first-order valence-corrected chi connectivity index (χ1v) is 6.05. The quantitative estimate of drug-likeness (QED) is 0.784. The van der Waals surface area contributed by atoms with E-state index in [2.05, 4.69) is 37.4 Å². The molecule has 0 saturated carbocycles. The zero-order valence-electron chi connectivity index (χ0n) is 10.3.